The molecule has 1 aromatic carbocycles. The molecule has 0 fully saturated rings. The molecule has 7 heteroatoms. The highest BCUT2D eigenvalue weighted by atomic mass is 16.2. The van der Waals surface area contributed by atoms with Gasteiger partial charge in [0.25, 0.3) is 0 Å². The predicted octanol–water partition coefficient (Wildman–Crippen LogP) is -0.848. The first-order valence-corrected chi connectivity index (χ1v) is 7.29. The summed E-state index contributed by atoms with van der Waals surface area (Å²) >= 11 is 0. The smallest absolute Gasteiger partial charge is 0.240 e. The average molecular weight is 302 g/mol. The maximum absolute atomic E-state index is 12.2. The summed E-state index contributed by atoms with van der Waals surface area (Å²) in [6.45, 7) is 0.519. The monoisotopic (exact) mass is 302 g/mol. The summed E-state index contributed by atoms with van der Waals surface area (Å²) in [7, 11) is 5.89. The van der Waals surface area contributed by atoms with E-state index in [1.165, 1.54) is 0 Å². The average Bonchev–Trinajstić information content (AvgIpc) is 2.46. The van der Waals surface area contributed by atoms with Gasteiger partial charge in [-0.3, -0.25) is 9.59 Å². The molecule has 1 aromatic rings. The van der Waals surface area contributed by atoms with Gasteiger partial charge in [0.05, 0.1) is 5.44 Å². The molecule has 0 unspecified atom stereocenters. The Labute approximate surface area is 132 Å². The normalized spacial score (nSPS) is 14.8. The zero-order valence-electron chi connectivity index (χ0n) is 12.6. The molecule has 2 atom stereocenters. The van der Waals surface area contributed by atoms with Crippen LogP contribution in [0.15, 0.2) is 30.3 Å². The first-order valence-electron chi connectivity index (χ1n) is 7.29. The Morgan fingerprint density at radius 2 is 1.86 bits per heavy atom. The second-order valence-electron chi connectivity index (χ2n) is 5.42. The van der Waals surface area contributed by atoms with Gasteiger partial charge >= 0.3 is 0 Å². The minimum absolute atomic E-state index is 0.161. The summed E-state index contributed by atoms with van der Waals surface area (Å²) < 4.78 is 0. The van der Waals surface area contributed by atoms with Crippen molar-refractivity contribution in [3.8, 4) is 0 Å². The second-order valence-corrected chi connectivity index (χ2v) is 5.42. The van der Waals surface area contributed by atoms with Crippen LogP contribution >= 0.6 is 0 Å². The van der Waals surface area contributed by atoms with Crippen molar-refractivity contribution in [1.82, 2.24) is 5.32 Å². The molecule has 2 amide bonds. The van der Waals surface area contributed by atoms with Crippen molar-refractivity contribution in [2.75, 3.05) is 6.54 Å². The van der Waals surface area contributed by atoms with Crippen molar-refractivity contribution in [3.63, 3.8) is 0 Å². The van der Waals surface area contributed by atoms with E-state index in [1.807, 2.05) is 30.3 Å². The van der Waals surface area contributed by atoms with Crippen LogP contribution in [-0.2, 0) is 16.0 Å². The van der Waals surface area contributed by atoms with Gasteiger partial charge in [0.15, 0.2) is 0 Å². The Hall–Kier alpha value is -1.86. The molecule has 0 aliphatic heterocycles. The summed E-state index contributed by atoms with van der Waals surface area (Å²) in [5, 5.41) is 2.53. The molecular weight excluding hydrogens is 279 g/mol. The van der Waals surface area contributed by atoms with Crippen LogP contribution in [0.2, 0.25) is 0 Å². The number of carbonyl (C=O) groups is 2. The largest absolute Gasteiger partial charge is 0.368 e. The molecule has 118 valence electrons. The van der Waals surface area contributed by atoms with E-state index in [2.05, 4.69) is 5.32 Å². The van der Waals surface area contributed by atoms with E-state index < -0.39 is 23.3 Å². The molecule has 0 saturated heterocycles. The SMILES string of the molecule is [B][C@](N)(Cc1ccccc1)C(=O)N[C@@H](CCCCN)C(N)=O. The number of hydrogen-bond acceptors (Lipinski definition) is 4. The Balaban J connectivity index is 2.64. The molecular formula is C15H23BN4O2. The highest BCUT2D eigenvalue weighted by molar-refractivity contribution is 6.28. The van der Waals surface area contributed by atoms with Gasteiger partial charge in [-0.2, -0.15) is 0 Å². The number of benzene rings is 1. The zero-order valence-corrected chi connectivity index (χ0v) is 12.6. The van der Waals surface area contributed by atoms with E-state index >= 15 is 0 Å². The van der Waals surface area contributed by atoms with E-state index in [0.29, 0.717) is 19.4 Å². The van der Waals surface area contributed by atoms with Crippen LogP contribution in [0.3, 0.4) is 0 Å². The number of primary amides is 1. The van der Waals surface area contributed by atoms with Crippen molar-refractivity contribution < 1.29 is 9.59 Å². The van der Waals surface area contributed by atoms with E-state index in [0.717, 1.165) is 12.0 Å². The van der Waals surface area contributed by atoms with Crippen molar-refractivity contribution >= 4 is 19.7 Å². The molecule has 0 aromatic heterocycles. The van der Waals surface area contributed by atoms with Gasteiger partial charge in [-0.05, 0) is 37.8 Å². The van der Waals surface area contributed by atoms with Crippen LogP contribution in [-0.4, -0.2) is 37.7 Å². The molecule has 0 saturated carbocycles. The van der Waals surface area contributed by atoms with Crippen LogP contribution in [0.5, 0.6) is 0 Å². The third-order valence-electron chi connectivity index (χ3n) is 3.36. The first kappa shape index (κ1) is 18.2. The standard InChI is InChI=1S/C15H23BN4O2/c16-15(19,10-11-6-2-1-3-7-11)14(22)20-12(13(18)21)8-4-5-9-17/h1-3,6-7,12H,4-5,8-10,17,19H2,(H2,18,21)(H,20,22)/t12-,15-/m0/s1. The highest BCUT2D eigenvalue weighted by Crippen LogP contribution is 2.09. The van der Waals surface area contributed by atoms with Crippen LogP contribution in [0.1, 0.15) is 24.8 Å². The van der Waals surface area contributed by atoms with Gasteiger partial charge in [-0.15, -0.1) is 0 Å². The number of hydrogen-bond donors (Lipinski definition) is 4. The van der Waals surface area contributed by atoms with Crippen molar-refractivity contribution in [1.29, 1.82) is 0 Å². The Kier molecular flexibility index (Phi) is 7.07. The minimum Gasteiger partial charge on any atom is -0.368 e. The van der Waals surface area contributed by atoms with Crippen LogP contribution in [0.4, 0.5) is 0 Å². The van der Waals surface area contributed by atoms with Crippen LogP contribution in [0.25, 0.3) is 0 Å². The molecule has 0 bridgehead atoms. The highest BCUT2D eigenvalue weighted by Gasteiger charge is 2.30. The summed E-state index contributed by atoms with van der Waals surface area (Å²) in [4.78, 5) is 23.6. The molecule has 2 radical (unpaired) electrons. The molecule has 0 aliphatic carbocycles. The number of amides is 2. The lowest BCUT2D eigenvalue weighted by molar-refractivity contribution is -0.129. The summed E-state index contributed by atoms with van der Waals surface area (Å²) in [6, 6.07) is 8.40. The van der Waals surface area contributed by atoms with Crippen LogP contribution < -0.4 is 22.5 Å². The molecule has 0 aliphatic rings. The van der Waals surface area contributed by atoms with E-state index in [9.17, 15) is 9.59 Å². The molecule has 6 nitrogen and oxygen atoms in total. The fraction of sp³-hybridized carbons (Fsp3) is 0.467. The molecule has 0 spiro atoms. The quantitative estimate of drug-likeness (QED) is 0.350. The van der Waals surface area contributed by atoms with Gasteiger partial charge in [-0.25, -0.2) is 0 Å². The first-order chi connectivity index (χ1) is 10.4. The van der Waals surface area contributed by atoms with E-state index in [-0.39, 0.29) is 6.42 Å². The number of carbonyl (C=O) groups excluding carboxylic acids is 2. The number of nitrogens with two attached hydrogens (primary N) is 3. The summed E-state index contributed by atoms with van der Waals surface area (Å²) in [5.41, 5.74) is 15.8. The fourth-order valence-electron chi connectivity index (χ4n) is 2.08. The number of nitrogens with one attached hydrogen (secondary N) is 1. The Morgan fingerprint density at radius 3 is 2.41 bits per heavy atom. The van der Waals surface area contributed by atoms with E-state index in [4.69, 9.17) is 25.0 Å². The van der Waals surface area contributed by atoms with Gasteiger partial charge in [-0.1, -0.05) is 30.3 Å². The maximum Gasteiger partial charge on any atom is 0.240 e. The van der Waals surface area contributed by atoms with Gasteiger partial charge in [0, 0.05) is 0 Å². The van der Waals surface area contributed by atoms with Gasteiger partial charge < -0.3 is 22.5 Å². The summed E-state index contributed by atoms with van der Waals surface area (Å²) in [6.07, 6.45) is 2.01. The van der Waals surface area contributed by atoms with Crippen molar-refractivity contribution in [3.05, 3.63) is 35.9 Å². The molecule has 0 heterocycles. The topological polar surface area (TPSA) is 124 Å². The minimum atomic E-state index is -1.61. The summed E-state index contributed by atoms with van der Waals surface area (Å²) in [5.74, 6) is -1.21. The Bertz CT molecular complexity index is 494. The second kappa shape index (κ2) is 8.55. The third-order valence-corrected chi connectivity index (χ3v) is 3.36. The molecule has 22 heavy (non-hydrogen) atoms. The zero-order chi connectivity index (χ0) is 16.6. The van der Waals surface area contributed by atoms with Crippen molar-refractivity contribution in [2.24, 2.45) is 17.2 Å². The maximum atomic E-state index is 12.2. The third kappa shape index (κ3) is 5.87. The Morgan fingerprint density at radius 1 is 1.23 bits per heavy atom. The predicted molar refractivity (Wildman–Crippen MR) is 86.8 cm³/mol. The lowest BCUT2D eigenvalue weighted by Crippen LogP contribution is -2.59. The van der Waals surface area contributed by atoms with Gasteiger partial charge in [0.1, 0.15) is 13.9 Å². The van der Waals surface area contributed by atoms with Crippen molar-refractivity contribution in [2.45, 2.75) is 37.2 Å². The fourth-order valence-corrected chi connectivity index (χ4v) is 2.08. The van der Waals surface area contributed by atoms with Crippen LogP contribution in [0, 0.1) is 0 Å². The molecule has 7 N–H and O–H groups in total. The van der Waals surface area contributed by atoms with E-state index in [1.54, 1.807) is 0 Å². The molecule has 1 rings (SSSR count). The lowest BCUT2D eigenvalue weighted by atomic mass is 9.73. The number of rotatable bonds is 9. The van der Waals surface area contributed by atoms with Gasteiger partial charge in [0.2, 0.25) is 11.8 Å². The lowest BCUT2D eigenvalue weighted by Gasteiger charge is -2.27. The number of unbranched alkanes of at least 4 members (excludes halogenated alkanes) is 1.